The van der Waals surface area contributed by atoms with Gasteiger partial charge in [-0.1, -0.05) is 24.3 Å². The first kappa shape index (κ1) is 44.4. The van der Waals surface area contributed by atoms with E-state index in [9.17, 15) is 31.6 Å². The predicted octanol–water partition coefficient (Wildman–Crippen LogP) is 4.85. The van der Waals surface area contributed by atoms with Gasteiger partial charge in [-0.2, -0.15) is 18.8 Å². The molecule has 4 rings (SSSR count). The fourth-order valence-electron chi connectivity index (χ4n) is 5.24. The van der Waals surface area contributed by atoms with Crippen LogP contribution in [0.15, 0.2) is 67.3 Å². The number of nitriles is 1. The van der Waals surface area contributed by atoms with Crippen LogP contribution < -0.4 is 0 Å². The van der Waals surface area contributed by atoms with Gasteiger partial charge in [0.2, 0.25) is 6.29 Å². The highest BCUT2D eigenvalue weighted by atomic mass is 32.2. The van der Waals surface area contributed by atoms with Gasteiger partial charge in [0.1, 0.15) is 42.5 Å². The largest absolute Gasteiger partial charge is 0.512 e. The third-order valence-electron chi connectivity index (χ3n) is 7.94. The average Bonchev–Trinajstić information content (AvgIpc) is 3.65. The summed E-state index contributed by atoms with van der Waals surface area (Å²) in [5.41, 5.74) is -1.76. The van der Waals surface area contributed by atoms with Gasteiger partial charge >= 0.3 is 18.1 Å². The van der Waals surface area contributed by atoms with Gasteiger partial charge < -0.3 is 28.4 Å². The molecule has 3 aromatic rings. The van der Waals surface area contributed by atoms with E-state index in [1.807, 2.05) is 6.07 Å². The number of halogens is 3. The van der Waals surface area contributed by atoms with Gasteiger partial charge in [0.05, 0.1) is 49.5 Å². The number of aromatic nitrogens is 3. The Labute approximate surface area is 329 Å². The number of hydrogen-bond acceptors (Lipinski definition) is 15. The number of esters is 2. The normalized spacial score (nSPS) is 18.0. The van der Waals surface area contributed by atoms with E-state index in [0.717, 1.165) is 18.2 Å². The average molecular weight is 839 g/mol. The minimum atomic E-state index is -4.36. The van der Waals surface area contributed by atoms with Crippen LogP contribution in [0.5, 0.6) is 0 Å². The molecule has 1 aliphatic heterocycles. The monoisotopic (exact) mass is 838 g/mol. The Morgan fingerprint density at radius 3 is 2.46 bits per heavy atom. The van der Waals surface area contributed by atoms with Crippen molar-refractivity contribution in [3.8, 4) is 6.07 Å². The summed E-state index contributed by atoms with van der Waals surface area (Å²) in [4.78, 5) is 41.4. The van der Waals surface area contributed by atoms with Gasteiger partial charge in [-0.15, -0.1) is 11.8 Å². The molecule has 0 radical (unpaired) electrons. The lowest BCUT2D eigenvalue weighted by atomic mass is 9.89. The molecule has 1 fully saturated rings. The summed E-state index contributed by atoms with van der Waals surface area (Å²) in [6, 6.07) is 8.66. The molecule has 306 valence electrons. The van der Waals surface area contributed by atoms with Crippen molar-refractivity contribution in [2.45, 2.75) is 61.9 Å². The number of ether oxygens (including phenoxy) is 6. The molecular formula is C36H37F3N4O12S2. The minimum Gasteiger partial charge on any atom is -0.464 e. The fourth-order valence-corrected chi connectivity index (χ4v) is 6.89. The van der Waals surface area contributed by atoms with Crippen molar-refractivity contribution in [2.24, 2.45) is 0 Å². The molecule has 1 saturated heterocycles. The van der Waals surface area contributed by atoms with Crippen molar-refractivity contribution >= 4 is 46.1 Å². The van der Waals surface area contributed by atoms with E-state index in [1.165, 1.54) is 54.2 Å². The van der Waals surface area contributed by atoms with Crippen LogP contribution in [0.4, 0.5) is 18.0 Å². The molecule has 0 amide bonds. The maximum atomic E-state index is 15.7. The quantitative estimate of drug-likeness (QED) is 0.0596. The van der Waals surface area contributed by atoms with Crippen LogP contribution in [0, 0.1) is 28.8 Å². The fraction of sp³-hybridized carbons (Fsp3) is 0.389. The number of hydrogen-bond donors (Lipinski definition) is 1. The molecule has 1 aliphatic rings. The molecule has 0 bridgehead atoms. The first-order valence-corrected chi connectivity index (χ1v) is 19.5. The predicted molar refractivity (Wildman–Crippen MR) is 194 cm³/mol. The second-order valence-corrected chi connectivity index (χ2v) is 15.4. The molecule has 57 heavy (non-hydrogen) atoms. The van der Waals surface area contributed by atoms with Crippen molar-refractivity contribution in [1.29, 1.82) is 5.26 Å². The highest BCUT2D eigenvalue weighted by Gasteiger charge is 2.47. The van der Waals surface area contributed by atoms with Crippen LogP contribution >= 0.6 is 11.8 Å². The first-order valence-electron chi connectivity index (χ1n) is 17.0. The van der Waals surface area contributed by atoms with Gasteiger partial charge in [0.15, 0.2) is 11.9 Å². The van der Waals surface area contributed by atoms with E-state index in [4.69, 9.17) is 33.5 Å². The van der Waals surface area contributed by atoms with E-state index in [1.54, 1.807) is 25.2 Å². The van der Waals surface area contributed by atoms with Crippen LogP contribution in [0.25, 0.3) is 6.08 Å². The summed E-state index contributed by atoms with van der Waals surface area (Å²) >= 11 is 1.19. The molecule has 16 nitrogen and oxygen atoms in total. The molecule has 0 spiro atoms. The zero-order chi connectivity index (χ0) is 41.6. The molecule has 1 aromatic heterocycles. The van der Waals surface area contributed by atoms with Crippen molar-refractivity contribution in [3.05, 3.63) is 101 Å². The van der Waals surface area contributed by atoms with E-state index in [0.29, 0.717) is 6.07 Å². The Morgan fingerprint density at radius 2 is 1.81 bits per heavy atom. The van der Waals surface area contributed by atoms with Gasteiger partial charge in [-0.05, 0) is 37.3 Å². The van der Waals surface area contributed by atoms with Crippen LogP contribution in [-0.2, 0) is 60.3 Å². The highest BCUT2D eigenvalue weighted by Crippen LogP contribution is 2.42. The van der Waals surface area contributed by atoms with Crippen LogP contribution in [0.2, 0.25) is 0 Å². The summed E-state index contributed by atoms with van der Waals surface area (Å²) in [6.07, 6.45) is 3.91. The lowest BCUT2D eigenvalue weighted by molar-refractivity contribution is -0.173. The maximum Gasteiger partial charge on any atom is 0.512 e. The van der Waals surface area contributed by atoms with Crippen molar-refractivity contribution in [2.75, 3.05) is 25.6 Å². The lowest BCUT2D eigenvalue weighted by Crippen LogP contribution is -2.47. The lowest BCUT2D eigenvalue weighted by Gasteiger charge is -2.40. The van der Waals surface area contributed by atoms with E-state index in [2.05, 4.69) is 14.8 Å². The summed E-state index contributed by atoms with van der Waals surface area (Å²) in [7, 11) is -4.36. The van der Waals surface area contributed by atoms with Gasteiger partial charge in [0, 0.05) is 29.4 Å². The molecule has 2 heterocycles. The zero-order valence-electron chi connectivity index (χ0n) is 30.4. The Kier molecular flexibility index (Phi) is 16.2. The molecule has 1 N–H and O–H groups in total. The SMILES string of the molecule is CC(OC(=O)CCC(=O)OCCS(=O)(=O)O)OC(=O)O[C@@](Cn1cncn1)(c1ccc(F)cc1F)[C@@H](C)SC1COC(/C=C/C=C/c2ccc(C#N)cc2F)OC1. The number of benzene rings is 2. The van der Waals surface area contributed by atoms with Gasteiger partial charge in [0.25, 0.3) is 10.1 Å². The van der Waals surface area contributed by atoms with E-state index < -0.39 is 99.5 Å². The Morgan fingerprint density at radius 1 is 1.07 bits per heavy atom. The number of nitrogens with zero attached hydrogens (tertiary/aromatic N) is 4. The van der Waals surface area contributed by atoms with E-state index >= 15 is 4.39 Å². The maximum absolute atomic E-state index is 15.7. The van der Waals surface area contributed by atoms with Crippen LogP contribution in [0.3, 0.4) is 0 Å². The van der Waals surface area contributed by atoms with E-state index in [-0.39, 0.29) is 36.4 Å². The summed E-state index contributed by atoms with van der Waals surface area (Å²) in [6.45, 7) is 2.04. The Bertz CT molecular complexity index is 2070. The molecule has 0 aliphatic carbocycles. The molecule has 3 atom stereocenters. The molecule has 2 aromatic carbocycles. The van der Waals surface area contributed by atoms with Gasteiger partial charge in [-0.25, -0.2) is 27.6 Å². The van der Waals surface area contributed by atoms with Gasteiger partial charge in [-0.3, -0.25) is 14.1 Å². The zero-order valence-corrected chi connectivity index (χ0v) is 32.0. The van der Waals surface area contributed by atoms with Crippen molar-refractivity contribution < 1.29 is 68.9 Å². The summed E-state index contributed by atoms with van der Waals surface area (Å²) in [5, 5.41) is 11.7. The highest BCUT2D eigenvalue weighted by molar-refractivity contribution is 8.00. The number of allylic oxidation sites excluding steroid dienone is 2. The molecule has 1 unspecified atom stereocenters. The smallest absolute Gasteiger partial charge is 0.464 e. The number of rotatable bonds is 18. The Hall–Kier alpha value is -5.27. The molecule has 21 heteroatoms. The van der Waals surface area contributed by atoms with Crippen LogP contribution in [-0.4, -0.2) is 94.5 Å². The first-order chi connectivity index (χ1) is 27.1. The minimum absolute atomic E-state index is 0.120. The second kappa shape index (κ2) is 20.8. The van der Waals surface area contributed by atoms with Crippen LogP contribution in [0.1, 0.15) is 43.4 Å². The summed E-state index contributed by atoms with van der Waals surface area (Å²) in [5.74, 6) is -5.32. The number of carbonyl (C=O) groups excluding carboxylic acids is 3. The number of carbonyl (C=O) groups is 3. The van der Waals surface area contributed by atoms with Crippen molar-refractivity contribution in [1.82, 2.24) is 14.8 Å². The Balaban J connectivity index is 1.43. The molecule has 0 saturated carbocycles. The summed E-state index contributed by atoms with van der Waals surface area (Å²) < 4.78 is 108. The van der Waals surface area contributed by atoms with Crippen molar-refractivity contribution in [3.63, 3.8) is 0 Å². The third-order valence-corrected chi connectivity index (χ3v) is 10.1. The third kappa shape index (κ3) is 14.0. The molecular weight excluding hydrogens is 802 g/mol. The standard InChI is InChI=1S/C36H37F3N4O12S2/c1-23(56-28-18-51-34(52-19-28)6-4-3-5-26-8-7-25(17-40)15-30(26)38)36(20-43-22-41-21-42-43,29-10-9-27(37)16-31(29)39)55-35(46)54-24(2)53-33(45)12-11-32(44)50-13-14-57(47,48)49/h3-10,15-16,21-24,28,34H,11-14,18-20H2,1-2H3,(H,47,48,49)/b5-3+,6-4+/t23-,24?,28?,34?,36-/m1/s1. The topological polar surface area (TPSA) is 215 Å². The second-order valence-electron chi connectivity index (χ2n) is 12.2. The number of thioether (sulfide) groups is 1.